The lowest BCUT2D eigenvalue weighted by Gasteiger charge is -2.11. The summed E-state index contributed by atoms with van der Waals surface area (Å²) in [6.07, 6.45) is 23.5. The van der Waals surface area contributed by atoms with Crippen molar-refractivity contribution in [3.8, 4) is 28.7 Å². The molecule has 0 unspecified atom stereocenters. The summed E-state index contributed by atoms with van der Waals surface area (Å²) in [6, 6.07) is 55.9. The lowest BCUT2D eigenvalue weighted by molar-refractivity contribution is 0.0939. The van der Waals surface area contributed by atoms with E-state index in [-0.39, 0.29) is 42.1 Å². The number of carbonyl (C=O) groups excluding carboxylic acids is 5. The highest BCUT2D eigenvalue weighted by atomic mass is 32.1. The molecule has 5 amide bonds. The van der Waals surface area contributed by atoms with Crippen LogP contribution in [-0.4, -0.2) is 132 Å². The van der Waals surface area contributed by atoms with Crippen LogP contribution in [0.15, 0.2) is 248 Å². The van der Waals surface area contributed by atoms with Crippen LogP contribution in [0.4, 0.5) is 43.9 Å². The molecule has 150 heavy (non-hydrogen) atoms. The first kappa shape index (κ1) is 104. The number of nitrogens with one attached hydrogen (secondary N) is 10. The Kier molecular flexibility index (Phi) is 33.7. The van der Waals surface area contributed by atoms with E-state index in [0.717, 1.165) is 95.9 Å². The molecule has 38 heteroatoms. The van der Waals surface area contributed by atoms with Crippen LogP contribution in [0.2, 0.25) is 0 Å². The first-order valence-electron chi connectivity index (χ1n) is 46.0. The first-order chi connectivity index (χ1) is 72.8. The topological polar surface area (TPSA) is 361 Å². The van der Waals surface area contributed by atoms with Gasteiger partial charge < -0.3 is 50.3 Å². The van der Waals surface area contributed by atoms with Crippen LogP contribution >= 0.6 is 11.3 Å². The van der Waals surface area contributed by atoms with Crippen molar-refractivity contribution in [2.24, 2.45) is 0 Å². The van der Waals surface area contributed by atoms with Crippen LogP contribution in [0.1, 0.15) is 143 Å². The Bertz CT molecular complexity index is 7850. The molecule has 27 nitrogen and oxygen atoms in total. The summed E-state index contributed by atoms with van der Waals surface area (Å²) < 4.78 is 160. The Balaban J connectivity index is 0.000000134. The number of fused-ring (bicyclic) bond motifs is 5. The molecule has 0 saturated heterocycles. The van der Waals surface area contributed by atoms with E-state index < -0.39 is 58.2 Å². The molecule has 0 spiro atoms. The van der Waals surface area contributed by atoms with Crippen molar-refractivity contribution in [1.82, 2.24) is 87.5 Å². The minimum Gasteiger partial charge on any atom is -0.495 e. The fraction of sp³-hybridized carbons (Fsp3) is 0.107. The molecule has 0 atom stereocenters. The maximum Gasteiger partial charge on any atom is 0.255 e. The van der Waals surface area contributed by atoms with Gasteiger partial charge in [-0.05, 0) is 244 Å². The second-order valence-electron chi connectivity index (χ2n) is 33.2. The van der Waals surface area contributed by atoms with E-state index in [1.807, 2.05) is 65.4 Å². The molecule has 1 fully saturated rings. The molecule has 8 aromatic heterocycles. The van der Waals surface area contributed by atoms with Gasteiger partial charge in [0.15, 0.2) is 58.2 Å². The van der Waals surface area contributed by atoms with Crippen LogP contribution in [0, 0.1) is 58.2 Å². The minimum atomic E-state index is -0.930. The summed E-state index contributed by atoms with van der Waals surface area (Å²) in [5, 5.41) is 57.0. The van der Waals surface area contributed by atoms with E-state index in [1.54, 1.807) is 163 Å². The number of carbonyl (C=O) groups is 5. The maximum absolute atomic E-state index is 13.5. The monoisotopic (exact) mass is 2050 g/mol. The third kappa shape index (κ3) is 25.4. The average molecular weight is 2060 g/mol. The summed E-state index contributed by atoms with van der Waals surface area (Å²) in [5.41, 5.74) is 13.9. The molecular weight excluding hydrogens is 1970 g/mol. The quantitative estimate of drug-likeness (QED) is 0.0195. The maximum atomic E-state index is 13.5. The second-order valence-corrected chi connectivity index (χ2v) is 34.0. The van der Waals surface area contributed by atoms with Crippen molar-refractivity contribution in [2.45, 2.75) is 45.1 Å². The Morgan fingerprint density at radius 3 is 0.893 bits per heavy atom. The average Bonchev–Trinajstić information content (AvgIpc) is 1.64. The van der Waals surface area contributed by atoms with Crippen LogP contribution in [0.3, 0.4) is 0 Å². The number of aromatic amines is 5. The summed E-state index contributed by atoms with van der Waals surface area (Å²) in [4.78, 5) is 71.8. The number of pyridine rings is 2. The molecule has 1 aliphatic rings. The normalized spacial score (nSPS) is 11.7. The standard InChI is InChI=1S/C24H19F2N3O2.2C23H18F2N4O2.C22H17F2N3O2S.C20H17F2N3O2/c1-31-23-17(24(30)27-14-16-5-3-2-4-6-16)9-12-21-22(23)20(28-29-21)11-8-15-7-10-18(25)19(26)13-15;1-31-22-16(23(30)27-13-15-3-2-10-26-12-15)6-9-20-21(22)19(28-29-20)8-5-14-4-7-17(24)18(25)11-14;1-31-22-16(23(30)27-13-15-4-2-3-11-26-15)7-10-20-21(22)19(28-29-20)9-6-14-5-8-17(24)18(25)12-14;1-29-21-15(22(28)25-11-14-8-9-30-12-14)4-7-19-20(21)18(26-27-19)6-3-13-2-5-16(23)17(24)10-13;1-27-19-13(20(26)23-12-4-5-12)6-9-17-18(19)16(24-25-17)8-3-11-2-7-14(21)15(22)10-11/h2-13H,14H2,1H3,(H,27,30)(H,28,29);2*2-12H,13H2,1H3,(H,27,30)(H,28,29);2-10,12H,11H2,1H3,(H,25,28)(H,26,27);2-3,6-10,12H,4-5H2,1H3,(H,23,26)(H,24,25)/b11-8+;8-5+;9-6+;6-3+;8-3+. The largest absolute Gasteiger partial charge is 0.495 e. The number of ether oxygens (including phenoxy) is 5. The van der Waals surface area contributed by atoms with Crippen LogP contribution in [-0.2, 0) is 26.2 Å². The summed E-state index contributed by atoms with van der Waals surface area (Å²) in [7, 11) is 7.42. The zero-order valence-electron chi connectivity index (χ0n) is 80.2. The van der Waals surface area contributed by atoms with E-state index >= 15 is 0 Å². The number of H-pyrrole nitrogens is 5. The highest BCUT2D eigenvalue weighted by Gasteiger charge is 2.29. The molecule has 20 rings (SSSR count). The third-order valence-electron chi connectivity index (χ3n) is 23.3. The Morgan fingerprint density at radius 2 is 0.613 bits per heavy atom. The second kappa shape index (κ2) is 48.7. The van der Waals surface area contributed by atoms with Crippen LogP contribution in [0.5, 0.6) is 28.7 Å². The molecule has 19 aromatic rings. The highest BCUT2D eigenvalue weighted by molar-refractivity contribution is 7.08. The highest BCUT2D eigenvalue weighted by Crippen LogP contribution is 2.40. The number of rotatable bonds is 29. The molecular formula is C112H89F10N17O10S. The molecule has 11 aromatic carbocycles. The molecule has 1 saturated carbocycles. The zero-order valence-corrected chi connectivity index (χ0v) is 81.0. The number of aromatic nitrogens is 12. The number of benzene rings is 11. The molecule has 0 aliphatic heterocycles. The van der Waals surface area contributed by atoms with Crippen molar-refractivity contribution < 1.29 is 91.6 Å². The number of amides is 5. The van der Waals surface area contributed by atoms with Gasteiger partial charge >= 0.3 is 0 Å². The van der Waals surface area contributed by atoms with Gasteiger partial charge in [-0.3, -0.25) is 59.4 Å². The molecule has 0 radical (unpaired) electrons. The summed E-state index contributed by atoms with van der Waals surface area (Å²) in [6.45, 7) is 1.39. The van der Waals surface area contributed by atoms with Crippen molar-refractivity contribution >= 4 is 156 Å². The Hall–Kier alpha value is -18.9. The summed E-state index contributed by atoms with van der Waals surface area (Å²) in [5.74, 6) is -8.60. The van der Waals surface area contributed by atoms with Crippen molar-refractivity contribution in [3.05, 3.63) is 412 Å². The first-order valence-corrected chi connectivity index (χ1v) is 47.0. The zero-order chi connectivity index (χ0) is 105. The van der Waals surface area contributed by atoms with Gasteiger partial charge in [-0.1, -0.05) is 103 Å². The third-order valence-corrected chi connectivity index (χ3v) is 24.0. The van der Waals surface area contributed by atoms with Gasteiger partial charge in [0.2, 0.25) is 0 Å². The van der Waals surface area contributed by atoms with Crippen molar-refractivity contribution in [1.29, 1.82) is 0 Å². The fourth-order valence-corrected chi connectivity index (χ4v) is 16.3. The Morgan fingerprint density at radius 1 is 0.313 bits per heavy atom. The number of hydrogen-bond acceptors (Lipinski definition) is 18. The number of halogens is 10. The van der Waals surface area contributed by atoms with E-state index in [2.05, 4.69) is 87.5 Å². The van der Waals surface area contributed by atoms with Gasteiger partial charge in [-0.25, -0.2) is 43.9 Å². The van der Waals surface area contributed by atoms with Gasteiger partial charge in [0.05, 0.1) is 159 Å². The van der Waals surface area contributed by atoms with Gasteiger partial charge in [0.25, 0.3) is 29.5 Å². The van der Waals surface area contributed by atoms with Gasteiger partial charge in [-0.15, -0.1) is 0 Å². The number of thiophene rings is 1. The lowest BCUT2D eigenvalue weighted by atomic mass is 10.1. The van der Waals surface area contributed by atoms with E-state index in [9.17, 15) is 67.9 Å². The number of nitrogens with zero attached hydrogens (tertiary/aromatic N) is 7. The molecule has 758 valence electrons. The van der Waals surface area contributed by atoms with Crippen LogP contribution in [0.25, 0.3) is 115 Å². The molecule has 8 heterocycles. The van der Waals surface area contributed by atoms with Crippen molar-refractivity contribution in [3.63, 3.8) is 0 Å². The van der Waals surface area contributed by atoms with Gasteiger partial charge in [0.1, 0.15) is 28.7 Å². The molecule has 1 aliphatic carbocycles. The fourth-order valence-electron chi connectivity index (χ4n) is 15.6. The predicted molar refractivity (Wildman–Crippen MR) is 554 cm³/mol. The lowest BCUT2D eigenvalue weighted by Crippen LogP contribution is -2.25. The predicted octanol–water partition coefficient (Wildman–Crippen LogP) is 22.6. The smallest absolute Gasteiger partial charge is 0.255 e. The van der Waals surface area contributed by atoms with E-state index in [0.29, 0.717) is 187 Å². The van der Waals surface area contributed by atoms with Crippen LogP contribution < -0.4 is 50.3 Å². The molecule has 0 bridgehead atoms. The van der Waals surface area contributed by atoms with E-state index in [4.69, 9.17) is 23.7 Å². The SMILES string of the molecule is COc1c(C(=O)NC2CC2)ccc2n[nH]c(/C=C/c3ccc(F)c(F)c3)c12.COc1c(C(=O)NCc2ccccc2)ccc2n[nH]c(/C=C/c3ccc(F)c(F)c3)c12.COc1c(C(=O)NCc2ccccn2)ccc2n[nH]c(/C=C/c3ccc(F)c(F)c3)c12.COc1c(C(=O)NCc2cccnc2)ccc2n[nH]c(/C=C/c3ccc(F)c(F)c3)c12.COc1c(C(=O)NCc2ccsc2)ccc2n[nH]c(/C=C/c3ccc(F)c(F)c3)c12. The minimum absolute atomic E-state index is 0.187. The Labute approximate surface area is 852 Å². The van der Waals surface area contributed by atoms with E-state index in [1.165, 1.54) is 65.9 Å². The number of hydrogen-bond donors (Lipinski definition) is 10. The number of methoxy groups -OCH3 is 5. The van der Waals surface area contributed by atoms with Gasteiger partial charge in [-0.2, -0.15) is 36.8 Å². The molecule has 10 N–H and O–H groups in total. The summed E-state index contributed by atoms with van der Waals surface area (Å²) >= 11 is 1.56. The van der Waals surface area contributed by atoms with Gasteiger partial charge in [0, 0.05) is 44.3 Å². The van der Waals surface area contributed by atoms with Crippen molar-refractivity contribution in [2.75, 3.05) is 35.5 Å².